The highest BCUT2D eigenvalue weighted by atomic mass is 35.5. The smallest absolute Gasteiger partial charge is 0.272 e. The van der Waals surface area contributed by atoms with Gasteiger partial charge in [0.2, 0.25) is 11.8 Å². The fourth-order valence-corrected chi connectivity index (χ4v) is 9.03. The zero-order valence-electron chi connectivity index (χ0n) is 32.1. The SMILES string of the molecule is N#Cc1ccc(O[C@H]2CC[C@H](NC(=O)c3ccc(N4CCC(CN5CCC(Nc6ccc7c(c6)C(=O)N(C6CCC(=O)NC6=O)C7=O)CC5)CC4)nn3)CC2)cc1Cl. The third-order valence-electron chi connectivity index (χ3n) is 12.1. The molecule has 1 atom stereocenters. The van der Waals surface area contributed by atoms with Crippen LogP contribution >= 0.6 is 11.6 Å². The first-order chi connectivity index (χ1) is 28.1. The summed E-state index contributed by atoms with van der Waals surface area (Å²) in [6.07, 6.45) is 7.39. The maximum atomic E-state index is 13.2. The van der Waals surface area contributed by atoms with Crippen molar-refractivity contribution >= 4 is 52.6 Å². The molecule has 1 unspecified atom stereocenters. The molecule has 5 heterocycles. The van der Waals surface area contributed by atoms with Crippen LogP contribution in [0.15, 0.2) is 48.5 Å². The van der Waals surface area contributed by atoms with Crippen molar-refractivity contribution in [3.8, 4) is 11.8 Å². The minimum absolute atomic E-state index is 0.0207. The summed E-state index contributed by atoms with van der Waals surface area (Å²) in [6.45, 7) is 4.71. The predicted octanol–water partition coefficient (Wildman–Crippen LogP) is 4.32. The van der Waals surface area contributed by atoms with E-state index in [1.165, 1.54) is 0 Å². The van der Waals surface area contributed by atoms with Gasteiger partial charge in [-0.1, -0.05) is 11.6 Å². The van der Waals surface area contributed by atoms with Crippen LogP contribution in [-0.2, 0) is 9.59 Å². The number of hydrogen-bond donors (Lipinski definition) is 3. The fraction of sp³-hybridized carbons (Fsp3) is 0.476. The Bertz CT molecular complexity index is 2120. The Hall–Kier alpha value is -5.59. The van der Waals surface area contributed by atoms with Gasteiger partial charge in [-0.2, -0.15) is 5.26 Å². The topological polar surface area (TPSA) is 190 Å². The van der Waals surface area contributed by atoms with Gasteiger partial charge >= 0.3 is 0 Å². The molecule has 302 valence electrons. The summed E-state index contributed by atoms with van der Waals surface area (Å²) in [5.74, 6) is -0.242. The molecule has 5 aliphatic rings. The molecule has 8 rings (SSSR count). The predicted molar refractivity (Wildman–Crippen MR) is 213 cm³/mol. The van der Waals surface area contributed by atoms with E-state index in [0.29, 0.717) is 27.9 Å². The van der Waals surface area contributed by atoms with Gasteiger partial charge in [0.1, 0.15) is 17.9 Å². The van der Waals surface area contributed by atoms with Crippen molar-refractivity contribution in [1.82, 2.24) is 30.6 Å². The summed E-state index contributed by atoms with van der Waals surface area (Å²) in [7, 11) is 0. The number of imide groups is 2. The second kappa shape index (κ2) is 17.1. The molecule has 15 nitrogen and oxygen atoms in total. The van der Waals surface area contributed by atoms with Gasteiger partial charge in [0, 0.05) is 63.0 Å². The van der Waals surface area contributed by atoms with Crippen molar-refractivity contribution in [2.75, 3.05) is 42.9 Å². The van der Waals surface area contributed by atoms with E-state index >= 15 is 0 Å². The van der Waals surface area contributed by atoms with Gasteiger partial charge in [-0.25, -0.2) is 0 Å². The Kier molecular flexibility index (Phi) is 11.6. The molecule has 1 saturated carbocycles. The quantitative estimate of drug-likeness (QED) is 0.247. The standard InChI is InChI=1S/C42H46ClN9O6/c43-34-22-31(5-1-26(34)23-44)58-30-6-2-27(3-7-30)46-39(54)35-9-11-37(49-48-35)51-19-13-25(14-20-51)24-50-17-15-28(16-18-50)45-29-4-8-32-33(21-29)42(57)52(41(32)56)36-10-12-38(53)47-40(36)55/h1,4-5,8-9,11,21-22,25,27-28,30,36,45H,2-3,6-7,10,12-20,24H2,(H,46,54)(H,47,53,55)/t27-,30-,36?. The van der Waals surface area contributed by atoms with Crippen molar-refractivity contribution < 1.29 is 28.7 Å². The summed E-state index contributed by atoms with van der Waals surface area (Å²) in [6, 6.07) is 15.2. The molecule has 16 heteroatoms. The highest BCUT2D eigenvalue weighted by Crippen LogP contribution is 2.32. The Labute approximate surface area is 341 Å². The van der Waals surface area contributed by atoms with E-state index in [1.807, 2.05) is 12.1 Å². The number of fused-ring (bicyclic) bond motifs is 1. The molecule has 2 aromatic carbocycles. The Balaban J connectivity index is 0.736. The minimum Gasteiger partial charge on any atom is -0.490 e. The largest absolute Gasteiger partial charge is 0.490 e. The minimum atomic E-state index is -0.979. The van der Waals surface area contributed by atoms with Crippen LogP contribution < -0.4 is 25.6 Å². The number of nitriles is 1. The number of amides is 5. The molecule has 5 amide bonds. The van der Waals surface area contributed by atoms with E-state index in [-0.39, 0.29) is 48.1 Å². The normalized spacial score (nSPS) is 23.3. The molecular weight excluding hydrogens is 762 g/mol. The van der Waals surface area contributed by atoms with Gasteiger partial charge in [-0.3, -0.25) is 34.2 Å². The van der Waals surface area contributed by atoms with E-state index < -0.39 is 29.7 Å². The third-order valence-corrected chi connectivity index (χ3v) is 12.4. The zero-order chi connectivity index (χ0) is 40.3. The number of halogens is 1. The molecule has 0 radical (unpaired) electrons. The van der Waals surface area contributed by atoms with Gasteiger partial charge in [0.05, 0.1) is 27.8 Å². The van der Waals surface area contributed by atoms with Crippen LogP contribution in [0.1, 0.15) is 101 Å². The Morgan fingerprint density at radius 2 is 1.60 bits per heavy atom. The Morgan fingerprint density at radius 1 is 0.845 bits per heavy atom. The highest BCUT2D eigenvalue weighted by molar-refractivity contribution is 6.31. The summed E-state index contributed by atoms with van der Waals surface area (Å²) in [5, 5.41) is 27.0. The average molecular weight is 808 g/mol. The number of anilines is 2. The second-order valence-corrected chi connectivity index (χ2v) is 16.4. The van der Waals surface area contributed by atoms with Crippen molar-refractivity contribution in [3.05, 3.63) is 75.9 Å². The van der Waals surface area contributed by atoms with Crippen LogP contribution in [0.5, 0.6) is 5.75 Å². The van der Waals surface area contributed by atoms with E-state index in [9.17, 15) is 24.0 Å². The average Bonchev–Trinajstić information content (AvgIpc) is 3.47. The summed E-state index contributed by atoms with van der Waals surface area (Å²) in [5.41, 5.74) is 2.04. The van der Waals surface area contributed by atoms with E-state index in [4.69, 9.17) is 21.6 Å². The number of benzene rings is 2. The molecule has 0 spiro atoms. The second-order valence-electron chi connectivity index (χ2n) is 16.0. The highest BCUT2D eigenvalue weighted by Gasteiger charge is 2.44. The van der Waals surface area contributed by atoms with E-state index in [1.54, 1.807) is 36.4 Å². The lowest BCUT2D eigenvalue weighted by Gasteiger charge is -2.38. The fourth-order valence-electron chi connectivity index (χ4n) is 8.82. The van der Waals surface area contributed by atoms with Crippen LogP contribution in [-0.4, -0.2) is 106 Å². The van der Waals surface area contributed by atoms with Gasteiger partial charge in [-0.05, 0) is 106 Å². The molecule has 4 fully saturated rings. The molecule has 1 aliphatic carbocycles. The number of piperidine rings is 3. The lowest BCUT2D eigenvalue weighted by atomic mass is 9.92. The molecule has 3 saturated heterocycles. The van der Waals surface area contributed by atoms with Gasteiger partial charge < -0.3 is 25.2 Å². The molecule has 1 aromatic heterocycles. The Morgan fingerprint density at radius 3 is 2.29 bits per heavy atom. The lowest BCUT2D eigenvalue weighted by Crippen LogP contribution is -2.54. The number of nitrogens with zero attached hydrogens (tertiary/aromatic N) is 6. The van der Waals surface area contributed by atoms with Crippen molar-refractivity contribution in [1.29, 1.82) is 5.26 Å². The molecule has 3 aromatic rings. The van der Waals surface area contributed by atoms with E-state index in [2.05, 4.69) is 42.0 Å². The summed E-state index contributed by atoms with van der Waals surface area (Å²) < 4.78 is 6.08. The first kappa shape index (κ1) is 39.2. The van der Waals surface area contributed by atoms with Gasteiger partial charge in [0.25, 0.3) is 17.7 Å². The molecular formula is C42H46ClN9O6. The molecule has 0 bridgehead atoms. The third kappa shape index (κ3) is 8.63. The monoisotopic (exact) mass is 807 g/mol. The zero-order valence-corrected chi connectivity index (χ0v) is 32.9. The number of likely N-dealkylation sites (tertiary alicyclic amines) is 1. The molecule has 4 aliphatic heterocycles. The van der Waals surface area contributed by atoms with Crippen LogP contribution in [0, 0.1) is 17.2 Å². The van der Waals surface area contributed by atoms with Gasteiger partial charge in [-0.15, -0.1) is 10.2 Å². The number of ether oxygens (including phenoxy) is 1. The van der Waals surface area contributed by atoms with Crippen LogP contribution in [0.2, 0.25) is 5.02 Å². The molecule has 58 heavy (non-hydrogen) atoms. The first-order valence-corrected chi connectivity index (χ1v) is 20.6. The molecule has 3 N–H and O–H groups in total. The van der Waals surface area contributed by atoms with Crippen LogP contribution in [0.4, 0.5) is 11.5 Å². The van der Waals surface area contributed by atoms with E-state index in [0.717, 1.165) is 100 Å². The van der Waals surface area contributed by atoms with Gasteiger partial charge in [0.15, 0.2) is 11.5 Å². The number of aromatic nitrogens is 2. The van der Waals surface area contributed by atoms with Crippen molar-refractivity contribution in [3.63, 3.8) is 0 Å². The number of rotatable bonds is 10. The first-order valence-electron chi connectivity index (χ1n) is 20.2. The maximum absolute atomic E-state index is 13.2. The van der Waals surface area contributed by atoms with Crippen molar-refractivity contribution in [2.24, 2.45) is 5.92 Å². The number of carbonyl (C=O) groups excluding carboxylic acids is 5. The number of hydrogen-bond acceptors (Lipinski definition) is 12. The maximum Gasteiger partial charge on any atom is 0.272 e. The number of nitrogens with one attached hydrogen (secondary N) is 3. The summed E-state index contributed by atoms with van der Waals surface area (Å²) >= 11 is 6.14. The van der Waals surface area contributed by atoms with Crippen LogP contribution in [0.25, 0.3) is 0 Å². The van der Waals surface area contributed by atoms with Crippen LogP contribution in [0.3, 0.4) is 0 Å². The summed E-state index contributed by atoms with van der Waals surface area (Å²) in [4.78, 5) is 69.0. The lowest BCUT2D eigenvalue weighted by molar-refractivity contribution is -0.136. The number of carbonyl (C=O) groups is 5. The van der Waals surface area contributed by atoms with Crippen molar-refractivity contribution in [2.45, 2.75) is 88.4 Å².